The van der Waals surface area contributed by atoms with Crippen LogP contribution in [0.15, 0.2) is 41.1 Å². The quantitative estimate of drug-likeness (QED) is 0.433. The number of ketones is 1. The van der Waals surface area contributed by atoms with Crippen molar-refractivity contribution in [2.75, 3.05) is 5.75 Å². The van der Waals surface area contributed by atoms with Crippen LogP contribution in [0.3, 0.4) is 0 Å². The third kappa shape index (κ3) is 4.48. The molecule has 0 spiro atoms. The van der Waals surface area contributed by atoms with Gasteiger partial charge < -0.3 is 0 Å². The van der Waals surface area contributed by atoms with Crippen molar-refractivity contribution in [3.05, 3.63) is 36.1 Å². The fourth-order valence-corrected chi connectivity index (χ4v) is 1.13. The van der Waals surface area contributed by atoms with Gasteiger partial charge in [0.1, 0.15) is 5.75 Å². The van der Waals surface area contributed by atoms with E-state index in [1.54, 1.807) is 18.2 Å². The van der Waals surface area contributed by atoms with Crippen LogP contribution in [-0.4, -0.2) is 30.7 Å². The van der Waals surface area contributed by atoms with Crippen LogP contribution in [0.4, 0.5) is 0 Å². The lowest BCUT2D eigenvalue weighted by Crippen LogP contribution is -2.04. The third-order valence-electron chi connectivity index (χ3n) is 1.52. The van der Waals surface area contributed by atoms with Crippen LogP contribution in [0.5, 0.6) is 0 Å². The van der Waals surface area contributed by atoms with Crippen LogP contribution in [0, 0.1) is 0 Å². The summed E-state index contributed by atoms with van der Waals surface area (Å²) in [4.78, 5) is 14.7. The Hall–Kier alpha value is -1.53. The number of allylic oxidation sites excluding steroid dienone is 5. The molecule has 0 aromatic heterocycles. The summed E-state index contributed by atoms with van der Waals surface area (Å²) in [7, 11) is -4.04. The summed E-state index contributed by atoms with van der Waals surface area (Å²) in [6.45, 7) is 0. The second kappa shape index (κ2) is 4.81. The van der Waals surface area contributed by atoms with Gasteiger partial charge in [-0.15, -0.1) is 0 Å². The van der Waals surface area contributed by atoms with E-state index in [4.69, 9.17) is 4.55 Å². The molecule has 1 aliphatic rings. The molecule has 6 heteroatoms. The maximum atomic E-state index is 11.1. The standard InChI is InChI=1S/C9H9NO4S/c11-9-4-2-1-3-8(9)7-10-5-6-15(12,13)14/h1-5,7H,6H2,(H,12,13,14). The zero-order valence-corrected chi connectivity index (χ0v) is 8.52. The first-order chi connectivity index (χ1) is 6.99. The lowest BCUT2D eigenvalue weighted by molar-refractivity contribution is -0.111. The van der Waals surface area contributed by atoms with Crippen molar-refractivity contribution in [3.63, 3.8) is 0 Å². The summed E-state index contributed by atoms with van der Waals surface area (Å²) in [6.07, 6.45) is 8.47. The second-order valence-corrected chi connectivity index (χ2v) is 4.24. The Labute approximate surface area is 87.3 Å². The number of aliphatic imine (C=N–C) groups is 1. The van der Waals surface area contributed by atoms with E-state index < -0.39 is 15.9 Å². The van der Waals surface area contributed by atoms with Crippen molar-refractivity contribution >= 4 is 22.1 Å². The first kappa shape index (κ1) is 11.5. The molecule has 0 aromatic carbocycles. The van der Waals surface area contributed by atoms with E-state index in [2.05, 4.69) is 4.99 Å². The molecule has 0 radical (unpaired) electrons. The van der Waals surface area contributed by atoms with Gasteiger partial charge in [-0.25, -0.2) is 0 Å². The SMILES string of the molecule is O=C1C=CC=CC1=CN=CCS(=O)(=O)O. The van der Waals surface area contributed by atoms with Crippen LogP contribution < -0.4 is 0 Å². The summed E-state index contributed by atoms with van der Waals surface area (Å²) in [5.41, 5.74) is 0.365. The summed E-state index contributed by atoms with van der Waals surface area (Å²) in [6, 6.07) is 0. The first-order valence-electron chi connectivity index (χ1n) is 4.05. The fourth-order valence-electron chi connectivity index (χ4n) is 0.857. The Morgan fingerprint density at radius 2 is 2.00 bits per heavy atom. The lowest BCUT2D eigenvalue weighted by atomic mass is 10.1. The van der Waals surface area contributed by atoms with Crippen molar-refractivity contribution < 1.29 is 17.8 Å². The molecule has 0 saturated heterocycles. The minimum absolute atomic E-state index is 0.193. The molecule has 0 heterocycles. The van der Waals surface area contributed by atoms with E-state index >= 15 is 0 Å². The topological polar surface area (TPSA) is 83.8 Å². The molecule has 0 bridgehead atoms. The van der Waals surface area contributed by atoms with E-state index in [-0.39, 0.29) is 5.78 Å². The van der Waals surface area contributed by atoms with Gasteiger partial charge in [0.25, 0.3) is 10.1 Å². The maximum absolute atomic E-state index is 11.1. The van der Waals surface area contributed by atoms with Gasteiger partial charge in [-0.05, 0) is 12.2 Å². The first-order valence-corrected chi connectivity index (χ1v) is 5.66. The van der Waals surface area contributed by atoms with E-state index in [9.17, 15) is 13.2 Å². The molecule has 15 heavy (non-hydrogen) atoms. The zero-order chi connectivity index (χ0) is 11.3. The van der Waals surface area contributed by atoms with E-state index in [0.29, 0.717) is 5.57 Å². The van der Waals surface area contributed by atoms with E-state index in [1.165, 1.54) is 12.3 Å². The Kier molecular flexibility index (Phi) is 3.70. The molecule has 0 saturated carbocycles. The Bertz CT molecular complexity index is 468. The Morgan fingerprint density at radius 1 is 1.33 bits per heavy atom. The number of hydrogen-bond donors (Lipinski definition) is 1. The van der Waals surface area contributed by atoms with Gasteiger partial charge in [0, 0.05) is 18.0 Å². The van der Waals surface area contributed by atoms with Crippen molar-refractivity contribution in [1.82, 2.24) is 0 Å². The van der Waals surface area contributed by atoms with E-state index in [0.717, 1.165) is 6.21 Å². The molecule has 1 aliphatic carbocycles. The normalized spacial score (nSPS) is 19.3. The molecule has 0 unspecified atom stereocenters. The predicted molar refractivity (Wildman–Crippen MR) is 56.3 cm³/mol. The summed E-state index contributed by atoms with van der Waals surface area (Å²) >= 11 is 0. The van der Waals surface area contributed by atoms with Gasteiger partial charge in [0.2, 0.25) is 0 Å². The summed E-state index contributed by atoms with van der Waals surface area (Å²) in [5, 5.41) is 0. The number of carbonyl (C=O) groups is 1. The second-order valence-electron chi connectivity index (χ2n) is 2.75. The van der Waals surface area contributed by atoms with Gasteiger partial charge in [-0.3, -0.25) is 14.3 Å². The molecular formula is C9H9NO4S. The van der Waals surface area contributed by atoms with Crippen LogP contribution in [-0.2, 0) is 14.9 Å². The Balaban J connectivity index is 2.62. The Morgan fingerprint density at radius 3 is 2.60 bits per heavy atom. The van der Waals surface area contributed by atoms with Crippen LogP contribution in [0.25, 0.3) is 0 Å². The predicted octanol–water partition coefficient (Wildman–Crippen LogP) is 0.524. The van der Waals surface area contributed by atoms with Gasteiger partial charge in [0.15, 0.2) is 5.78 Å². The average Bonchev–Trinajstić information content (AvgIpc) is 2.13. The molecule has 0 aliphatic heterocycles. The molecule has 5 nitrogen and oxygen atoms in total. The molecule has 1 N–H and O–H groups in total. The lowest BCUT2D eigenvalue weighted by Gasteiger charge is -1.97. The highest BCUT2D eigenvalue weighted by atomic mass is 32.2. The fraction of sp³-hybridized carbons (Fsp3) is 0.111. The highest BCUT2D eigenvalue weighted by Gasteiger charge is 2.04. The molecule has 0 aromatic rings. The molecular weight excluding hydrogens is 218 g/mol. The highest BCUT2D eigenvalue weighted by Crippen LogP contribution is 2.05. The van der Waals surface area contributed by atoms with Crippen LogP contribution >= 0.6 is 0 Å². The summed E-state index contributed by atoms with van der Waals surface area (Å²) in [5.74, 6) is -0.758. The number of hydrogen-bond acceptors (Lipinski definition) is 4. The number of carbonyl (C=O) groups excluding carboxylic acids is 1. The zero-order valence-electron chi connectivity index (χ0n) is 7.70. The van der Waals surface area contributed by atoms with Gasteiger partial charge in [-0.1, -0.05) is 12.2 Å². The minimum atomic E-state index is -4.04. The van der Waals surface area contributed by atoms with Crippen molar-refractivity contribution in [2.24, 2.45) is 4.99 Å². The smallest absolute Gasteiger partial charge is 0.270 e. The number of rotatable bonds is 3. The van der Waals surface area contributed by atoms with Crippen molar-refractivity contribution in [1.29, 1.82) is 0 Å². The highest BCUT2D eigenvalue weighted by molar-refractivity contribution is 7.86. The van der Waals surface area contributed by atoms with Gasteiger partial charge >= 0.3 is 0 Å². The van der Waals surface area contributed by atoms with Gasteiger partial charge in [-0.2, -0.15) is 8.42 Å². The average molecular weight is 227 g/mol. The monoisotopic (exact) mass is 227 g/mol. The van der Waals surface area contributed by atoms with Crippen molar-refractivity contribution in [2.45, 2.75) is 0 Å². The van der Waals surface area contributed by atoms with E-state index in [1.807, 2.05) is 0 Å². The molecule has 0 fully saturated rings. The van der Waals surface area contributed by atoms with Gasteiger partial charge in [0.05, 0.1) is 0 Å². The van der Waals surface area contributed by atoms with Crippen molar-refractivity contribution in [3.8, 4) is 0 Å². The summed E-state index contributed by atoms with van der Waals surface area (Å²) < 4.78 is 29.0. The number of nitrogens with zero attached hydrogens (tertiary/aromatic N) is 1. The maximum Gasteiger partial charge on any atom is 0.270 e. The molecule has 0 amide bonds. The third-order valence-corrected chi connectivity index (χ3v) is 2.09. The molecule has 0 atom stereocenters. The van der Waals surface area contributed by atoms with Crippen LogP contribution in [0.1, 0.15) is 0 Å². The largest absolute Gasteiger partial charge is 0.289 e. The molecule has 80 valence electrons. The minimum Gasteiger partial charge on any atom is -0.289 e. The van der Waals surface area contributed by atoms with Crippen LogP contribution in [0.2, 0.25) is 0 Å². The molecule has 1 rings (SSSR count).